The number of imidazole rings is 1. The van der Waals surface area contributed by atoms with Crippen LogP contribution < -0.4 is 10.9 Å². The molecule has 0 bridgehead atoms. The van der Waals surface area contributed by atoms with Crippen molar-refractivity contribution in [1.82, 2.24) is 19.5 Å². The molecule has 1 amide bonds. The number of fused-ring (bicyclic) bond motifs is 1. The van der Waals surface area contributed by atoms with Crippen molar-refractivity contribution < 1.29 is 33.0 Å². The van der Waals surface area contributed by atoms with Gasteiger partial charge in [0.15, 0.2) is 25.7 Å². The zero-order valence-electron chi connectivity index (χ0n) is 20.9. The maximum absolute atomic E-state index is 12.6. The fourth-order valence-corrected chi connectivity index (χ4v) is 5.22. The molecule has 4 N–H and O–H groups in total. The molecule has 35 heavy (non-hydrogen) atoms. The molecule has 1 aliphatic rings. The van der Waals surface area contributed by atoms with Crippen molar-refractivity contribution in [3.05, 3.63) is 16.7 Å². The molecule has 3 heterocycles. The summed E-state index contributed by atoms with van der Waals surface area (Å²) in [6.07, 6.45) is -2.65. The van der Waals surface area contributed by atoms with E-state index in [2.05, 4.69) is 20.3 Å². The normalized spacial score (nSPS) is 24.3. The molecule has 2 aromatic heterocycles. The van der Waals surface area contributed by atoms with Gasteiger partial charge in [0, 0.05) is 5.92 Å². The first-order chi connectivity index (χ1) is 16.2. The second-order valence-corrected chi connectivity index (χ2v) is 15.8. The number of nitrogens with one attached hydrogen (secondary N) is 2. The van der Waals surface area contributed by atoms with Crippen LogP contribution in [0.25, 0.3) is 11.2 Å². The van der Waals surface area contributed by atoms with E-state index in [9.17, 15) is 24.2 Å². The van der Waals surface area contributed by atoms with Gasteiger partial charge in [-0.1, -0.05) is 34.6 Å². The number of aliphatic hydroxyl groups is 1. The van der Waals surface area contributed by atoms with Crippen LogP contribution in [0, 0.1) is 5.92 Å². The standard InChI is InChI=1S/C20H34N5O8PSi/c1-10(2)16(27)23-19-22-15-12(17(28)24-19)21-9-25(15)18-14(32-34(29)30)13(11(8-26)31-18)33-35(6,7)20(3,4)5/h9-11,13-14,18,26,34H,8H2,1-7H3,(H,29,30)(H2,22,23,24,27,28)/t11?,13-,14-,18-/m1/s1. The van der Waals surface area contributed by atoms with Crippen LogP contribution in [0.15, 0.2) is 11.1 Å². The maximum Gasteiger partial charge on any atom is 0.317 e. The van der Waals surface area contributed by atoms with Gasteiger partial charge in [0.25, 0.3) is 5.56 Å². The summed E-state index contributed by atoms with van der Waals surface area (Å²) in [6.45, 7) is 13.1. The fourth-order valence-electron chi connectivity index (χ4n) is 3.41. The van der Waals surface area contributed by atoms with Gasteiger partial charge >= 0.3 is 8.25 Å². The Morgan fingerprint density at radius 1 is 1.37 bits per heavy atom. The lowest BCUT2D eigenvalue weighted by molar-refractivity contribution is -0.118. The largest absolute Gasteiger partial charge is 0.408 e. The molecule has 1 saturated heterocycles. The molecule has 1 aliphatic heterocycles. The summed E-state index contributed by atoms with van der Waals surface area (Å²) in [4.78, 5) is 45.2. The van der Waals surface area contributed by atoms with E-state index in [1.165, 1.54) is 10.9 Å². The van der Waals surface area contributed by atoms with Gasteiger partial charge in [-0.2, -0.15) is 4.98 Å². The van der Waals surface area contributed by atoms with Gasteiger partial charge in [-0.05, 0) is 18.1 Å². The topological polar surface area (TPSA) is 178 Å². The van der Waals surface area contributed by atoms with Crippen molar-refractivity contribution in [2.45, 2.75) is 77.3 Å². The minimum Gasteiger partial charge on any atom is -0.408 e. The number of hydrogen-bond acceptors (Lipinski definition) is 9. The zero-order valence-corrected chi connectivity index (χ0v) is 22.9. The van der Waals surface area contributed by atoms with Gasteiger partial charge in [-0.25, -0.2) is 4.98 Å². The lowest BCUT2D eigenvalue weighted by Crippen LogP contribution is -2.50. The number of anilines is 1. The predicted octanol–water partition coefficient (Wildman–Crippen LogP) is 1.76. The monoisotopic (exact) mass is 531 g/mol. The number of aromatic amines is 1. The summed E-state index contributed by atoms with van der Waals surface area (Å²) in [6, 6.07) is 0. The Labute approximate surface area is 204 Å². The second kappa shape index (κ2) is 10.2. The number of ether oxygens (including phenoxy) is 1. The maximum atomic E-state index is 12.6. The first-order valence-electron chi connectivity index (χ1n) is 11.3. The number of amides is 1. The highest BCUT2D eigenvalue weighted by Gasteiger charge is 2.52. The summed E-state index contributed by atoms with van der Waals surface area (Å²) in [5.41, 5.74) is -0.554. The summed E-state index contributed by atoms with van der Waals surface area (Å²) >= 11 is 0. The van der Waals surface area contributed by atoms with Gasteiger partial charge in [0.05, 0.1) is 12.9 Å². The molecule has 0 saturated carbocycles. The molecule has 3 rings (SSSR count). The third kappa shape index (κ3) is 5.74. The van der Waals surface area contributed by atoms with E-state index in [1.807, 2.05) is 33.9 Å². The number of H-pyrrole nitrogens is 1. The van der Waals surface area contributed by atoms with Crippen LogP contribution in [0.4, 0.5) is 5.95 Å². The van der Waals surface area contributed by atoms with Crippen molar-refractivity contribution in [3.8, 4) is 0 Å². The minimum absolute atomic E-state index is 0.0270. The van der Waals surface area contributed by atoms with Crippen LogP contribution in [0.2, 0.25) is 18.1 Å². The highest BCUT2D eigenvalue weighted by atomic mass is 31.1. The first kappa shape index (κ1) is 27.7. The van der Waals surface area contributed by atoms with Gasteiger partial charge in [-0.3, -0.25) is 33.5 Å². The average Bonchev–Trinajstić information content (AvgIpc) is 3.28. The molecule has 13 nitrogen and oxygen atoms in total. The molecule has 0 spiro atoms. The van der Waals surface area contributed by atoms with E-state index in [-0.39, 0.29) is 34.0 Å². The first-order valence-corrected chi connectivity index (χ1v) is 15.4. The molecule has 1 fully saturated rings. The Bertz CT molecular complexity index is 1160. The van der Waals surface area contributed by atoms with E-state index in [1.54, 1.807) is 13.8 Å². The molecule has 0 aliphatic carbocycles. The molecule has 2 unspecified atom stereocenters. The number of carbonyl (C=O) groups excluding carboxylic acids is 1. The van der Waals surface area contributed by atoms with Gasteiger partial charge < -0.3 is 19.2 Å². The zero-order chi connectivity index (χ0) is 26.3. The van der Waals surface area contributed by atoms with Crippen LogP contribution in [0.1, 0.15) is 40.8 Å². The SMILES string of the molecule is CC(C)C(=O)Nc1nc2c(ncn2[C@@H]2OC(CO)[C@@H](O[Si](C)(C)C(C)(C)C)[C@H]2O[PH](=O)O)c(=O)[nH]1. The number of hydrogen-bond donors (Lipinski definition) is 4. The van der Waals surface area contributed by atoms with Crippen LogP contribution in [0.3, 0.4) is 0 Å². The highest BCUT2D eigenvalue weighted by molar-refractivity contribution is 7.32. The Balaban J connectivity index is 2.07. The van der Waals surface area contributed by atoms with Gasteiger partial charge in [-0.15, -0.1) is 0 Å². The van der Waals surface area contributed by atoms with Crippen molar-refractivity contribution in [2.24, 2.45) is 5.92 Å². The highest BCUT2D eigenvalue weighted by Crippen LogP contribution is 2.44. The Kier molecular flexibility index (Phi) is 8.06. The minimum atomic E-state index is -3.44. The molecular formula is C20H34N5O8PSi. The van der Waals surface area contributed by atoms with Crippen LogP contribution in [-0.4, -0.2) is 68.7 Å². The lowest BCUT2D eigenvalue weighted by Gasteiger charge is -2.40. The van der Waals surface area contributed by atoms with E-state index in [0.717, 1.165) is 0 Å². The van der Waals surface area contributed by atoms with E-state index >= 15 is 0 Å². The van der Waals surface area contributed by atoms with Crippen molar-refractivity contribution in [3.63, 3.8) is 0 Å². The summed E-state index contributed by atoms with van der Waals surface area (Å²) in [5.74, 6) is -0.779. The Morgan fingerprint density at radius 2 is 2.03 bits per heavy atom. The molecule has 15 heteroatoms. The fraction of sp³-hybridized carbons (Fsp3) is 0.700. The number of aliphatic hydroxyl groups excluding tert-OH is 1. The quantitative estimate of drug-likeness (QED) is 0.290. The van der Waals surface area contributed by atoms with Crippen molar-refractivity contribution in [1.29, 1.82) is 0 Å². The number of rotatable bonds is 8. The van der Waals surface area contributed by atoms with Crippen LogP contribution in [0.5, 0.6) is 0 Å². The third-order valence-corrected chi connectivity index (χ3v) is 11.4. The molecule has 0 aromatic carbocycles. The molecule has 196 valence electrons. The molecule has 0 radical (unpaired) electrons. The number of aromatic nitrogens is 4. The van der Waals surface area contributed by atoms with Gasteiger partial charge in [0.1, 0.15) is 18.3 Å². The smallest absolute Gasteiger partial charge is 0.317 e. The molecular weight excluding hydrogens is 497 g/mol. The predicted molar refractivity (Wildman–Crippen MR) is 131 cm³/mol. The van der Waals surface area contributed by atoms with E-state index in [4.69, 9.17) is 13.7 Å². The van der Waals surface area contributed by atoms with Crippen LogP contribution in [-0.2, 0) is 23.0 Å². The summed E-state index contributed by atoms with van der Waals surface area (Å²) < 4.78 is 31.0. The van der Waals surface area contributed by atoms with Gasteiger partial charge in [0.2, 0.25) is 11.9 Å². The van der Waals surface area contributed by atoms with Crippen molar-refractivity contribution in [2.75, 3.05) is 11.9 Å². The Hall–Kier alpha value is -1.93. The average molecular weight is 532 g/mol. The lowest BCUT2D eigenvalue weighted by atomic mass is 10.1. The molecule has 2 aromatic rings. The second-order valence-electron chi connectivity index (χ2n) is 10.3. The van der Waals surface area contributed by atoms with Crippen LogP contribution >= 0.6 is 8.25 Å². The van der Waals surface area contributed by atoms with E-state index in [0.29, 0.717) is 0 Å². The Morgan fingerprint density at radius 3 is 2.57 bits per heavy atom. The number of nitrogens with zero attached hydrogens (tertiary/aromatic N) is 3. The number of carbonyl (C=O) groups is 1. The molecule has 5 atom stereocenters. The van der Waals surface area contributed by atoms with Crippen molar-refractivity contribution >= 4 is 39.6 Å². The third-order valence-electron chi connectivity index (χ3n) is 6.41. The summed E-state index contributed by atoms with van der Waals surface area (Å²) in [5, 5.41) is 12.4. The van der Waals surface area contributed by atoms with E-state index < -0.39 is 53.3 Å². The summed E-state index contributed by atoms with van der Waals surface area (Å²) in [7, 11) is -5.87.